The van der Waals surface area contributed by atoms with Crippen LogP contribution in [0.2, 0.25) is 0 Å². The number of imide groups is 1. The van der Waals surface area contributed by atoms with Gasteiger partial charge in [0.25, 0.3) is 0 Å². The first-order chi connectivity index (χ1) is 16.9. The van der Waals surface area contributed by atoms with Crippen LogP contribution in [-0.4, -0.2) is 39.4 Å². The number of thioether (sulfide) groups is 1. The summed E-state index contributed by atoms with van der Waals surface area (Å²) >= 11 is 2.78. The predicted molar refractivity (Wildman–Crippen MR) is 126 cm³/mol. The number of benzene rings is 1. The Bertz CT molecular complexity index is 1370. The highest BCUT2D eigenvalue weighted by Crippen LogP contribution is 2.68. The van der Waals surface area contributed by atoms with E-state index in [1.807, 2.05) is 0 Å². The fraction of sp³-hybridized carbons (Fsp3) is 0.500. The van der Waals surface area contributed by atoms with Crippen molar-refractivity contribution in [1.82, 2.24) is 9.88 Å². The highest BCUT2D eigenvalue weighted by atomic mass is 32.2. The molecule has 2 N–H and O–H groups in total. The monoisotopic (exact) mass is 537 g/mol. The van der Waals surface area contributed by atoms with Crippen LogP contribution in [0.25, 0.3) is 0 Å². The number of rotatable bonds is 3. The number of amides is 3. The van der Waals surface area contributed by atoms with Gasteiger partial charge in [0, 0.05) is 21.2 Å². The van der Waals surface area contributed by atoms with Gasteiger partial charge in [-0.25, -0.2) is 0 Å². The van der Waals surface area contributed by atoms with Crippen LogP contribution < -0.4 is 10.2 Å². The number of hydrogen-bond donors (Lipinski definition) is 2. The zero-order valence-corrected chi connectivity index (χ0v) is 20.9. The van der Waals surface area contributed by atoms with Gasteiger partial charge in [0.2, 0.25) is 17.7 Å². The number of anilines is 1. The van der Waals surface area contributed by atoms with Crippen molar-refractivity contribution in [3.8, 4) is 0 Å². The Kier molecular flexibility index (Phi) is 5.09. The number of carbonyl (C=O) groups is 3. The summed E-state index contributed by atoms with van der Waals surface area (Å²) in [7, 11) is 0. The molecule has 2 aliphatic carbocycles. The minimum atomic E-state index is -4.56. The van der Waals surface area contributed by atoms with Crippen LogP contribution >= 0.6 is 23.1 Å². The molecule has 6 atom stereocenters. The number of H-pyrrole nitrogens is 1. The second-order valence-corrected chi connectivity index (χ2v) is 12.7. The lowest BCUT2D eigenvalue weighted by Crippen LogP contribution is -2.48. The van der Waals surface area contributed by atoms with E-state index in [9.17, 15) is 32.3 Å². The first-order valence-corrected chi connectivity index (χ1v) is 13.3. The molecule has 2 saturated carbocycles. The fourth-order valence-electron chi connectivity index (χ4n) is 6.99. The number of halogens is 3. The molecular formula is C24H22F3N3O4S2. The fourth-order valence-corrected chi connectivity index (χ4v) is 10.1. The number of hydrogen-bond acceptors (Lipinski definition) is 6. The summed E-state index contributed by atoms with van der Waals surface area (Å²) in [4.78, 5) is 56.2. The van der Waals surface area contributed by atoms with Crippen LogP contribution in [0.3, 0.4) is 0 Å². The molecule has 3 amide bonds. The highest BCUT2D eigenvalue weighted by Gasteiger charge is 2.70. The normalized spacial score (nSPS) is 31.9. The Morgan fingerprint density at radius 2 is 1.86 bits per heavy atom. The predicted octanol–water partition coefficient (Wildman–Crippen LogP) is 3.71. The average molecular weight is 538 g/mol. The molecule has 1 aromatic heterocycles. The van der Waals surface area contributed by atoms with E-state index in [-0.39, 0.29) is 44.9 Å². The van der Waals surface area contributed by atoms with Crippen molar-refractivity contribution in [3.63, 3.8) is 0 Å². The van der Waals surface area contributed by atoms with Gasteiger partial charge in [-0.15, -0.1) is 11.8 Å². The van der Waals surface area contributed by atoms with E-state index in [4.69, 9.17) is 0 Å². The highest BCUT2D eigenvalue weighted by molar-refractivity contribution is 8.00. The van der Waals surface area contributed by atoms with Crippen LogP contribution in [-0.2, 0) is 26.0 Å². The number of carbonyl (C=O) groups excluding carboxylic acids is 3. The summed E-state index contributed by atoms with van der Waals surface area (Å²) in [5.41, 5.74) is -1.30. The molecule has 36 heavy (non-hydrogen) atoms. The minimum absolute atomic E-state index is 0.0363. The van der Waals surface area contributed by atoms with Crippen LogP contribution in [0.4, 0.5) is 18.9 Å². The molecule has 12 heteroatoms. The standard InChI is InChI=1S/C24H22F3N3O4S2/c1-23(2)16-11-7-12(17(16)35-19-18(23)36-22(34)29-19)15-14(11)20(32)30(21(15)33)8-13(31)28-10-5-3-4-9(6-10)24(25,26)27/h3-6,11-12,14-17H,7-8H2,1-2H3,(H,28,31)(H,29,34)/t11-,12-,14-,15-,16+,17-/m1/s1. The van der Waals surface area contributed by atoms with Crippen molar-refractivity contribution in [3.05, 3.63) is 44.4 Å². The summed E-state index contributed by atoms with van der Waals surface area (Å²) in [6.07, 6.45) is -3.81. The van der Waals surface area contributed by atoms with Gasteiger partial charge >= 0.3 is 11.0 Å². The van der Waals surface area contributed by atoms with E-state index in [0.29, 0.717) is 0 Å². The van der Waals surface area contributed by atoms with E-state index < -0.39 is 41.9 Å². The lowest BCUT2D eigenvalue weighted by Gasteiger charge is -2.47. The van der Waals surface area contributed by atoms with E-state index >= 15 is 0 Å². The molecule has 3 heterocycles. The number of fused-ring (bicyclic) bond motifs is 9. The zero-order valence-electron chi connectivity index (χ0n) is 19.2. The zero-order chi connectivity index (χ0) is 25.7. The average Bonchev–Trinajstić information content (AvgIpc) is 3.51. The van der Waals surface area contributed by atoms with E-state index in [0.717, 1.165) is 33.4 Å². The van der Waals surface area contributed by atoms with Gasteiger partial charge in [-0.2, -0.15) is 13.2 Å². The van der Waals surface area contributed by atoms with E-state index in [2.05, 4.69) is 24.1 Å². The quantitative estimate of drug-likeness (QED) is 0.582. The van der Waals surface area contributed by atoms with Crippen LogP contribution in [0.1, 0.15) is 30.7 Å². The van der Waals surface area contributed by atoms with Gasteiger partial charge in [0.15, 0.2) is 0 Å². The first kappa shape index (κ1) is 23.8. The number of nitrogens with zero attached hydrogens (tertiary/aromatic N) is 1. The largest absolute Gasteiger partial charge is 0.416 e. The molecule has 7 nitrogen and oxygen atoms in total. The Balaban J connectivity index is 1.22. The number of aromatic nitrogens is 1. The van der Waals surface area contributed by atoms with Crippen LogP contribution in [0.5, 0.6) is 0 Å². The SMILES string of the molecule is CC1(C)c2sc(=O)[nH]c2S[C@@H]2[C@@H]3C[C@H]([C@H]4C(=O)N(CC(=O)Nc5cccc(C(F)(F)F)c5)C(=O)[C@H]34)[C@@H]21. The molecule has 2 aromatic rings. The van der Waals surface area contributed by atoms with Gasteiger partial charge in [-0.1, -0.05) is 31.3 Å². The summed E-state index contributed by atoms with van der Waals surface area (Å²) in [5.74, 6) is -2.49. The Morgan fingerprint density at radius 3 is 2.56 bits per heavy atom. The number of likely N-dealkylation sites (tertiary alicyclic amines) is 1. The van der Waals surface area contributed by atoms with E-state index in [1.54, 1.807) is 11.8 Å². The molecule has 3 fully saturated rings. The maximum absolute atomic E-state index is 13.4. The lowest BCUT2D eigenvalue weighted by molar-refractivity contribution is -0.143. The molecule has 0 radical (unpaired) electrons. The van der Waals surface area contributed by atoms with Crippen LogP contribution in [0.15, 0.2) is 34.1 Å². The van der Waals surface area contributed by atoms with E-state index in [1.165, 1.54) is 23.5 Å². The maximum Gasteiger partial charge on any atom is 0.416 e. The van der Waals surface area contributed by atoms with Gasteiger partial charge < -0.3 is 10.3 Å². The second-order valence-electron chi connectivity index (χ2n) is 10.5. The van der Waals surface area contributed by atoms with Crippen molar-refractivity contribution in [2.24, 2.45) is 29.6 Å². The summed E-state index contributed by atoms with van der Waals surface area (Å²) in [5, 5.41) is 3.31. The summed E-state index contributed by atoms with van der Waals surface area (Å²) < 4.78 is 39.0. The van der Waals surface area contributed by atoms with Crippen molar-refractivity contribution < 1.29 is 27.6 Å². The molecule has 1 saturated heterocycles. The third-order valence-electron chi connectivity index (χ3n) is 8.26. The van der Waals surface area contributed by atoms with Gasteiger partial charge in [-0.05, 0) is 42.4 Å². The second kappa shape index (κ2) is 7.70. The lowest BCUT2D eigenvalue weighted by atomic mass is 9.64. The topological polar surface area (TPSA) is 99.3 Å². The molecule has 190 valence electrons. The Morgan fingerprint density at radius 1 is 1.17 bits per heavy atom. The molecule has 0 spiro atoms. The molecule has 4 aliphatic rings. The summed E-state index contributed by atoms with van der Waals surface area (Å²) in [6.45, 7) is 3.64. The summed E-state index contributed by atoms with van der Waals surface area (Å²) in [6, 6.07) is 4.21. The number of nitrogens with one attached hydrogen (secondary N) is 2. The molecule has 6 rings (SSSR count). The van der Waals surface area contributed by atoms with Gasteiger partial charge in [0.1, 0.15) is 6.54 Å². The third-order valence-corrected chi connectivity index (χ3v) is 11.1. The van der Waals surface area contributed by atoms with Crippen molar-refractivity contribution in [2.45, 2.75) is 42.1 Å². The van der Waals surface area contributed by atoms with Crippen LogP contribution in [0, 0.1) is 29.6 Å². The number of alkyl halides is 3. The van der Waals surface area contributed by atoms with Gasteiger partial charge in [-0.3, -0.25) is 24.1 Å². The first-order valence-electron chi connectivity index (χ1n) is 11.6. The molecule has 2 bridgehead atoms. The Labute approximate surface area is 211 Å². The van der Waals surface area contributed by atoms with Gasteiger partial charge in [0.05, 0.1) is 22.4 Å². The number of thiazole rings is 1. The van der Waals surface area contributed by atoms with Crippen molar-refractivity contribution in [1.29, 1.82) is 0 Å². The maximum atomic E-state index is 13.4. The van der Waals surface area contributed by atoms with Crippen molar-refractivity contribution >= 4 is 46.5 Å². The minimum Gasteiger partial charge on any atom is -0.325 e. The molecule has 1 aromatic carbocycles. The smallest absolute Gasteiger partial charge is 0.325 e. The third kappa shape index (κ3) is 3.33. The molecule has 2 aliphatic heterocycles. The molecule has 0 unspecified atom stereocenters. The van der Waals surface area contributed by atoms with Crippen molar-refractivity contribution in [2.75, 3.05) is 11.9 Å². The Hall–Kier alpha value is -2.60. The number of aromatic amines is 1. The molecular weight excluding hydrogens is 515 g/mol.